The van der Waals surface area contributed by atoms with Gasteiger partial charge >= 0.3 is 0 Å². The smallest absolute Gasteiger partial charge is 0.256 e. The number of carbonyl (C=O) groups excluding carboxylic acids is 2. The Bertz CT molecular complexity index is 1020. The minimum atomic E-state index is -0.535. The number of carbonyl (C=O) groups is 2. The first-order valence-electron chi connectivity index (χ1n) is 8.36. The Hall–Kier alpha value is -2.99. The maximum atomic E-state index is 12.8. The number of nitrogens with zero attached hydrogens (tertiary/aromatic N) is 2. The molecule has 3 aromatic rings. The number of benzene rings is 2. The van der Waals surface area contributed by atoms with Gasteiger partial charge in [-0.25, -0.2) is 0 Å². The number of hydrogen-bond donors (Lipinski definition) is 1. The molecule has 2 amide bonds. The highest BCUT2D eigenvalue weighted by Crippen LogP contribution is 2.32. The molecule has 1 aromatic heterocycles. The molecular formula is C20H17N3O2S. The molecular weight excluding hydrogens is 346 g/mol. The summed E-state index contributed by atoms with van der Waals surface area (Å²) in [5.41, 5.74) is 2.66. The van der Waals surface area contributed by atoms with Gasteiger partial charge in [-0.15, -0.1) is 11.3 Å². The molecule has 0 saturated heterocycles. The lowest BCUT2D eigenvalue weighted by Gasteiger charge is -2.22. The van der Waals surface area contributed by atoms with Crippen LogP contribution in [-0.4, -0.2) is 16.4 Å². The van der Waals surface area contributed by atoms with E-state index in [-0.39, 0.29) is 18.2 Å². The number of rotatable bonds is 3. The molecule has 0 bridgehead atoms. The third-order valence-electron chi connectivity index (χ3n) is 4.36. The number of para-hydroxylation sites is 1. The van der Waals surface area contributed by atoms with Crippen molar-refractivity contribution in [2.75, 3.05) is 5.32 Å². The lowest BCUT2D eigenvalue weighted by Crippen LogP contribution is -2.28. The number of anilines is 1. The Morgan fingerprint density at radius 2 is 1.92 bits per heavy atom. The summed E-state index contributed by atoms with van der Waals surface area (Å²) in [5.74, 6) is -0.968. The van der Waals surface area contributed by atoms with E-state index in [2.05, 4.69) is 10.3 Å². The SMILES string of the molecule is O=C1CC(C(=O)N=c2sccn2Cc2ccccc2)c2ccccc2N1. The molecule has 1 aliphatic rings. The average molecular weight is 363 g/mol. The lowest BCUT2D eigenvalue weighted by atomic mass is 9.90. The first-order chi connectivity index (χ1) is 12.7. The van der Waals surface area contributed by atoms with Crippen LogP contribution in [0.15, 0.2) is 71.2 Å². The maximum Gasteiger partial charge on any atom is 0.256 e. The molecule has 130 valence electrons. The minimum absolute atomic E-state index is 0.128. The van der Waals surface area contributed by atoms with Gasteiger partial charge in [-0.05, 0) is 17.2 Å². The van der Waals surface area contributed by atoms with Gasteiger partial charge < -0.3 is 9.88 Å². The van der Waals surface area contributed by atoms with Crippen LogP contribution >= 0.6 is 11.3 Å². The van der Waals surface area contributed by atoms with Crippen LogP contribution in [0.1, 0.15) is 23.5 Å². The molecule has 0 saturated carbocycles. The molecule has 4 rings (SSSR count). The minimum Gasteiger partial charge on any atom is -0.326 e. The molecule has 1 aliphatic heterocycles. The molecule has 1 atom stereocenters. The Balaban J connectivity index is 1.65. The van der Waals surface area contributed by atoms with Gasteiger partial charge in [0.2, 0.25) is 5.91 Å². The zero-order chi connectivity index (χ0) is 17.9. The number of fused-ring (bicyclic) bond motifs is 1. The van der Waals surface area contributed by atoms with Gasteiger partial charge in [-0.1, -0.05) is 48.5 Å². The summed E-state index contributed by atoms with van der Waals surface area (Å²) in [5, 5.41) is 4.73. The Morgan fingerprint density at radius 3 is 2.77 bits per heavy atom. The van der Waals surface area contributed by atoms with Crippen LogP contribution in [0.4, 0.5) is 5.69 Å². The number of aromatic nitrogens is 1. The van der Waals surface area contributed by atoms with E-state index in [1.54, 1.807) is 0 Å². The monoisotopic (exact) mass is 363 g/mol. The molecule has 1 N–H and O–H groups in total. The van der Waals surface area contributed by atoms with Crippen LogP contribution in [0.2, 0.25) is 0 Å². The fourth-order valence-electron chi connectivity index (χ4n) is 3.09. The van der Waals surface area contributed by atoms with Crippen molar-refractivity contribution in [1.82, 2.24) is 4.57 Å². The van der Waals surface area contributed by atoms with E-state index in [0.29, 0.717) is 17.0 Å². The summed E-state index contributed by atoms with van der Waals surface area (Å²) >= 11 is 1.42. The van der Waals surface area contributed by atoms with Crippen molar-refractivity contribution in [2.24, 2.45) is 4.99 Å². The van der Waals surface area contributed by atoms with Gasteiger partial charge in [-0.2, -0.15) is 4.99 Å². The molecule has 1 unspecified atom stereocenters. The highest BCUT2D eigenvalue weighted by atomic mass is 32.1. The van der Waals surface area contributed by atoms with Gasteiger partial charge in [0.15, 0.2) is 4.80 Å². The fourth-order valence-corrected chi connectivity index (χ4v) is 3.82. The van der Waals surface area contributed by atoms with Crippen molar-refractivity contribution in [3.63, 3.8) is 0 Å². The van der Waals surface area contributed by atoms with Gasteiger partial charge in [0.05, 0.1) is 5.92 Å². The van der Waals surface area contributed by atoms with Crippen LogP contribution in [-0.2, 0) is 16.1 Å². The first-order valence-corrected chi connectivity index (χ1v) is 9.24. The molecule has 0 spiro atoms. The zero-order valence-electron chi connectivity index (χ0n) is 14.0. The Morgan fingerprint density at radius 1 is 1.15 bits per heavy atom. The van der Waals surface area contributed by atoms with Crippen molar-refractivity contribution in [2.45, 2.75) is 18.9 Å². The Labute approximate surface area is 154 Å². The summed E-state index contributed by atoms with van der Waals surface area (Å²) < 4.78 is 1.95. The molecule has 0 radical (unpaired) electrons. The summed E-state index contributed by atoms with van der Waals surface area (Å²) in [6, 6.07) is 17.4. The third-order valence-corrected chi connectivity index (χ3v) is 5.15. The van der Waals surface area contributed by atoms with Crippen molar-refractivity contribution in [1.29, 1.82) is 0 Å². The van der Waals surface area contributed by atoms with E-state index in [9.17, 15) is 9.59 Å². The highest BCUT2D eigenvalue weighted by molar-refractivity contribution is 7.07. The Kier molecular flexibility index (Phi) is 4.50. The third kappa shape index (κ3) is 3.36. The number of thiazole rings is 1. The van der Waals surface area contributed by atoms with E-state index in [4.69, 9.17) is 0 Å². The summed E-state index contributed by atoms with van der Waals surface area (Å²) in [6.07, 6.45) is 2.05. The molecule has 26 heavy (non-hydrogen) atoms. The van der Waals surface area contributed by atoms with Gasteiger partial charge in [-0.3, -0.25) is 9.59 Å². The quantitative estimate of drug-likeness (QED) is 0.777. The van der Waals surface area contributed by atoms with E-state index < -0.39 is 5.92 Å². The molecule has 0 fully saturated rings. The van der Waals surface area contributed by atoms with Crippen molar-refractivity contribution in [3.8, 4) is 0 Å². The molecule has 6 heteroatoms. The second kappa shape index (κ2) is 7.09. The largest absolute Gasteiger partial charge is 0.326 e. The molecule has 2 aromatic carbocycles. The maximum absolute atomic E-state index is 12.8. The first kappa shape index (κ1) is 16.5. The number of nitrogens with one attached hydrogen (secondary N) is 1. The topological polar surface area (TPSA) is 63.5 Å². The fraction of sp³-hybridized carbons (Fsp3) is 0.150. The van der Waals surface area contributed by atoms with Crippen LogP contribution < -0.4 is 10.1 Å². The van der Waals surface area contributed by atoms with Gasteiger partial charge in [0.1, 0.15) is 0 Å². The normalized spacial score (nSPS) is 16.8. The number of hydrogen-bond acceptors (Lipinski definition) is 3. The van der Waals surface area contributed by atoms with Gasteiger partial charge in [0, 0.05) is 30.2 Å². The van der Waals surface area contributed by atoms with Crippen molar-refractivity contribution >= 4 is 28.8 Å². The van der Waals surface area contributed by atoms with Crippen LogP contribution in [0.5, 0.6) is 0 Å². The van der Waals surface area contributed by atoms with Crippen LogP contribution in [0.25, 0.3) is 0 Å². The predicted octanol–water partition coefficient (Wildman–Crippen LogP) is 3.15. The zero-order valence-corrected chi connectivity index (χ0v) is 14.8. The summed E-state index contributed by atoms with van der Waals surface area (Å²) in [6.45, 7) is 0.651. The van der Waals surface area contributed by atoms with Crippen molar-refractivity contribution < 1.29 is 9.59 Å². The highest BCUT2D eigenvalue weighted by Gasteiger charge is 2.30. The van der Waals surface area contributed by atoms with Crippen LogP contribution in [0.3, 0.4) is 0 Å². The summed E-state index contributed by atoms with van der Waals surface area (Å²) in [7, 11) is 0. The molecule has 0 aliphatic carbocycles. The van der Waals surface area contributed by atoms with E-state index in [1.165, 1.54) is 11.3 Å². The van der Waals surface area contributed by atoms with Gasteiger partial charge in [0.25, 0.3) is 5.91 Å². The predicted molar refractivity (Wildman–Crippen MR) is 101 cm³/mol. The van der Waals surface area contributed by atoms with E-state index in [1.807, 2.05) is 70.7 Å². The lowest BCUT2D eigenvalue weighted by molar-refractivity contribution is -0.124. The second-order valence-corrected chi connectivity index (χ2v) is 7.01. The van der Waals surface area contributed by atoms with Crippen LogP contribution in [0, 0.1) is 0 Å². The van der Waals surface area contributed by atoms with Crippen molar-refractivity contribution in [3.05, 3.63) is 82.1 Å². The van der Waals surface area contributed by atoms with E-state index in [0.717, 1.165) is 11.1 Å². The standard InChI is InChI=1S/C20H17N3O2S/c24-18-12-16(15-8-4-5-9-17(15)21-18)19(25)22-20-23(10-11-26-20)13-14-6-2-1-3-7-14/h1-11,16H,12-13H2,(H,21,24). The number of amides is 2. The summed E-state index contributed by atoms with van der Waals surface area (Å²) in [4.78, 5) is 29.7. The molecule has 5 nitrogen and oxygen atoms in total. The molecule has 2 heterocycles. The average Bonchev–Trinajstić information content (AvgIpc) is 3.08. The van der Waals surface area contributed by atoms with E-state index >= 15 is 0 Å². The second-order valence-electron chi connectivity index (χ2n) is 6.14.